The van der Waals surface area contributed by atoms with E-state index in [-0.39, 0.29) is 79.1 Å². The minimum atomic E-state index is -1.15. The third-order valence-corrected chi connectivity index (χ3v) is 9.23. The van der Waals surface area contributed by atoms with Crippen LogP contribution in [0.3, 0.4) is 0 Å². The molecule has 0 radical (unpaired) electrons. The topological polar surface area (TPSA) is 66.2 Å². The predicted octanol–water partition coefficient (Wildman–Crippen LogP) is 6.61. The molecule has 0 saturated carbocycles. The molecule has 3 aromatic carbocycles. The zero-order chi connectivity index (χ0) is 33.6. The molecule has 2 aliphatic heterocycles. The lowest BCUT2D eigenvalue weighted by molar-refractivity contribution is -0.131. The highest BCUT2D eigenvalue weighted by Crippen LogP contribution is 2.41. The van der Waals surface area contributed by atoms with Crippen molar-refractivity contribution in [3.8, 4) is 17.1 Å². The lowest BCUT2D eigenvalue weighted by Gasteiger charge is -2.44. The molecule has 0 spiro atoms. The van der Waals surface area contributed by atoms with Crippen molar-refractivity contribution in [3.05, 3.63) is 82.9 Å². The zero-order valence-corrected chi connectivity index (χ0v) is 26.4. The van der Waals surface area contributed by atoms with E-state index < -0.39 is 41.6 Å². The summed E-state index contributed by atoms with van der Waals surface area (Å²) in [4.78, 5) is 29.8. The Kier molecular flexibility index (Phi) is 8.96. The number of likely N-dealkylation sites (tertiary alicyclic amines) is 1. The van der Waals surface area contributed by atoms with Crippen LogP contribution in [0.5, 0.6) is 6.01 Å². The number of nitrogens with zero attached hydrogens (tertiary/aromatic N) is 6. The smallest absolute Gasteiger partial charge is 0.319 e. The summed E-state index contributed by atoms with van der Waals surface area (Å²) < 4.78 is 66.9. The molecule has 8 nitrogen and oxygen atoms in total. The molecule has 4 atom stereocenters. The van der Waals surface area contributed by atoms with E-state index in [0.717, 1.165) is 6.07 Å². The van der Waals surface area contributed by atoms with Crippen LogP contribution in [-0.4, -0.2) is 89.8 Å². The van der Waals surface area contributed by atoms with E-state index in [9.17, 15) is 13.6 Å². The van der Waals surface area contributed by atoms with Gasteiger partial charge in [0.25, 0.3) is 5.91 Å². The number of benzene rings is 3. The van der Waals surface area contributed by atoms with Gasteiger partial charge in [-0.05, 0) is 43.5 Å². The van der Waals surface area contributed by atoms with Gasteiger partial charge >= 0.3 is 6.01 Å². The van der Waals surface area contributed by atoms with Crippen LogP contribution < -0.4 is 9.64 Å². The number of anilines is 1. The number of aromatic nitrogens is 2. The normalized spacial score (nSPS) is 21.7. The van der Waals surface area contributed by atoms with Crippen molar-refractivity contribution in [1.29, 1.82) is 0 Å². The van der Waals surface area contributed by atoms with E-state index in [1.807, 2.05) is 4.90 Å². The Hall–Kier alpha value is -4.47. The molecule has 6 rings (SSSR count). The van der Waals surface area contributed by atoms with Gasteiger partial charge in [-0.25, -0.2) is 24.1 Å². The molecule has 0 unspecified atom stereocenters. The highest BCUT2D eigenvalue weighted by molar-refractivity contribution is 6.36. The van der Waals surface area contributed by atoms with Crippen LogP contribution in [0.15, 0.2) is 54.9 Å². The second kappa shape index (κ2) is 13.0. The molecule has 1 amide bonds. The molecule has 2 saturated heterocycles. The van der Waals surface area contributed by atoms with Crippen LogP contribution in [0.2, 0.25) is 5.02 Å². The number of piperazine rings is 1. The first-order valence-electron chi connectivity index (χ1n) is 15.1. The van der Waals surface area contributed by atoms with Gasteiger partial charge in [0.05, 0.1) is 5.56 Å². The van der Waals surface area contributed by atoms with Crippen molar-refractivity contribution in [2.75, 3.05) is 44.7 Å². The molecular weight excluding hydrogens is 636 g/mol. The number of fused-ring (bicyclic) bond motifs is 2. The van der Waals surface area contributed by atoms with Crippen molar-refractivity contribution in [2.45, 2.75) is 37.6 Å². The Bertz CT molecular complexity index is 1930. The first-order chi connectivity index (χ1) is 22.5. The van der Waals surface area contributed by atoms with E-state index in [0.29, 0.717) is 15.8 Å². The second-order valence-electron chi connectivity index (χ2n) is 12.0. The number of carbonyl (C=O) groups is 1. The molecule has 13 heteroatoms. The summed E-state index contributed by atoms with van der Waals surface area (Å²) >= 11 is 6.52. The fourth-order valence-corrected chi connectivity index (χ4v) is 6.85. The number of alkyl halides is 1. The second-order valence-corrected chi connectivity index (χ2v) is 12.4. The van der Waals surface area contributed by atoms with Crippen LogP contribution in [0.1, 0.15) is 13.3 Å². The highest BCUT2D eigenvalue weighted by Gasteiger charge is 2.39. The number of hydrogen-bond acceptors (Lipinski definition) is 6. The SMILES string of the molecule is [C-]#[N+]C[C@H]1CN(c2nc(OC[C@@H]3C[C@@H](F)CN3C)nc3c(F)c(-c4cccc5cccc(Cl)c45)c(F)cc23)[C@@H](C)CN1C(=O)C(=C)F. The maximum atomic E-state index is 16.8. The summed E-state index contributed by atoms with van der Waals surface area (Å²) in [6, 6.07) is 9.61. The van der Waals surface area contributed by atoms with Crippen molar-refractivity contribution in [1.82, 2.24) is 19.8 Å². The molecule has 0 bridgehead atoms. The predicted molar refractivity (Wildman–Crippen MR) is 173 cm³/mol. The summed E-state index contributed by atoms with van der Waals surface area (Å²) in [5.74, 6) is -3.81. The lowest BCUT2D eigenvalue weighted by atomic mass is 9.96. The number of halogens is 5. The average Bonchev–Trinajstić information content (AvgIpc) is 3.36. The number of carbonyl (C=O) groups excluding carboxylic acids is 1. The van der Waals surface area contributed by atoms with Crippen molar-refractivity contribution < 1.29 is 27.1 Å². The Morgan fingerprint density at radius 2 is 1.89 bits per heavy atom. The van der Waals surface area contributed by atoms with E-state index in [1.165, 1.54) is 4.90 Å². The van der Waals surface area contributed by atoms with Crippen LogP contribution in [0.25, 0.3) is 37.6 Å². The number of ether oxygens (including phenoxy) is 1. The van der Waals surface area contributed by atoms with E-state index in [1.54, 1.807) is 55.3 Å². The summed E-state index contributed by atoms with van der Waals surface area (Å²) in [5, 5.41) is 1.51. The fraction of sp³-hybridized carbons (Fsp3) is 0.353. The molecular formula is C34H31ClF4N6O2. The molecule has 4 aromatic rings. The van der Waals surface area contributed by atoms with Gasteiger partial charge in [0.2, 0.25) is 6.54 Å². The number of likely N-dealkylation sites (N-methyl/N-ethyl adjacent to an activating group) is 1. The van der Waals surface area contributed by atoms with Crippen molar-refractivity contribution in [3.63, 3.8) is 0 Å². The highest BCUT2D eigenvalue weighted by atomic mass is 35.5. The van der Waals surface area contributed by atoms with Gasteiger partial charge in [0, 0.05) is 47.5 Å². The van der Waals surface area contributed by atoms with Crippen LogP contribution in [0.4, 0.5) is 23.4 Å². The molecule has 1 aromatic heterocycles. The Morgan fingerprint density at radius 1 is 1.15 bits per heavy atom. The first-order valence-corrected chi connectivity index (χ1v) is 15.5. The molecule has 0 aliphatic carbocycles. The van der Waals surface area contributed by atoms with Gasteiger partial charge in [-0.15, -0.1) is 0 Å². The summed E-state index contributed by atoms with van der Waals surface area (Å²) in [6.07, 6.45) is -0.773. The number of hydrogen-bond donors (Lipinski definition) is 0. The first kappa shape index (κ1) is 32.5. The standard InChI is InChI=1S/C34H31ClF4N6O2/c1-18-14-45(33(46)19(2)36)23(13-40-3)16-44(18)32-25-12-27(38)29(24-9-5-7-20-8-6-10-26(35)28(20)24)30(39)31(25)41-34(42-32)47-17-22-11-21(37)15-43(22)4/h5-10,12,18,21-23H,2,11,13-17H2,1,4H3/t18-,21+,22-,23-/m0/s1. The van der Waals surface area contributed by atoms with E-state index in [4.69, 9.17) is 22.9 Å². The summed E-state index contributed by atoms with van der Waals surface area (Å²) in [6.45, 7) is 12.4. The minimum Gasteiger partial charge on any atom is -0.462 e. The summed E-state index contributed by atoms with van der Waals surface area (Å²) in [7, 11) is 1.77. The molecule has 47 heavy (non-hydrogen) atoms. The zero-order valence-electron chi connectivity index (χ0n) is 25.7. The van der Waals surface area contributed by atoms with E-state index >= 15 is 8.78 Å². The van der Waals surface area contributed by atoms with Crippen LogP contribution in [0, 0.1) is 18.2 Å². The van der Waals surface area contributed by atoms with Gasteiger partial charge in [-0.3, -0.25) is 9.69 Å². The monoisotopic (exact) mass is 666 g/mol. The van der Waals surface area contributed by atoms with Crippen molar-refractivity contribution in [2.24, 2.45) is 0 Å². The molecule has 2 aliphatic rings. The third-order valence-electron chi connectivity index (χ3n) is 8.92. The number of amides is 1. The number of rotatable bonds is 7. The van der Waals surface area contributed by atoms with E-state index in [2.05, 4.69) is 21.4 Å². The van der Waals surface area contributed by atoms with Gasteiger partial charge in [-0.2, -0.15) is 9.97 Å². The molecule has 0 N–H and O–H groups in total. The quantitative estimate of drug-likeness (QED) is 0.126. The van der Waals surface area contributed by atoms with Crippen molar-refractivity contribution >= 4 is 45.0 Å². The van der Waals surface area contributed by atoms with Crippen LogP contribution in [-0.2, 0) is 4.79 Å². The summed E-state index contributed by atoms with van der Waals surface area (Å²) in [5.41, 5.74) is -0.324. The molecule has 244 valence electrons. The van der Waals surface area contributed by atoms with Gasteiger partial charge in [0.1, 0.15) is 36.0 Å². The maximum absolute atomic E-state index is 16.8. The molecule has 2 fully saturated rings. The van der Waals surface area contributed by atoms with Gasteiger partial charge in [0.15, 0.2) is 11.6 Å². The fourth-order valence-electron chi connectivity index (χ4n) is 6.57. The molecule has 3 heterocycles. The minimum absolute atomic E-state index is 0.00688. The largest absolute Gasteiger partial charge is 0.462 e. The Balaban J connectivity index is 1.51. The third kappa shape index (κ3) is 6.05. The lowest BCUT2D eigenvalue weighted by Crippen LogP contribution is -2.60. The Labute approximate surface area is 274 Å². The maximum Gasteiger partial charge on any atom is 0.319 e. The van der Waals surface area contributed by atoms with Crippen LogP contribution >= 0.6 is 11.6 Å². The average molecular weight is 667 g/mol. The van der Waals surface area contributed by atoms with Gasteiger partial charge in [-0.1, -0.05) is 48.5 Å². The van der Waals surface area contributed by atoms with Gasteiger partial charge < -0.3 is 19.4 Å². The Morgan fingerprint density at radius 3 is 2.57 bits per heavy atom.